The van der Waals surface area contributed by atoms with E-state index in [2.05, 4.69) is 17.3 Å². The summed E-state index contributed by atoms with van der Waals surface area (Å²) < 4.78 is 0. The van der Waals surface area contributed by atoms with Gasteiger partial charge in [-0.2, -0.15) is 0 Å². The third-order valence-corrected chi connectivity index (χ3v) is 3.28. The number of hydrogen-bond donors (Lipinski definition) is 1. The van der Waals surface area contributed by atoms with Crippen LogP contribution in [-0.2, 0) is 6.42 Å². The Morgan fingerprint density at radius 2 is 2.21 bits per heavy atom. The maximum Gasteiger partial charge on any atom is 0.121 e. The molecule has 0 fully saturated rings. The summed E-state index contributed by atoms with van der Waals surface area (Å²) in [5.74, 6) is 0. The number of aliphatic hydroxyl groups is 1. The summed E-state index contributed by atoms with van der Waals surface area (Å²) in [6.07, 6.45) is 5.74. The van der Waals surface area contributed by atoms with Gasteiger partial charge in [0.25, 0.3) is 0 Å². The Balaban J connectivity index is 2.29. The van der Waals surface area contributed by atoms with E-state index >= 15 is 0 Å². The molecular weight excluding hydrogens is 194 g/mol. The van der Waals surface area contributed by atoms with Crippen LogP contribution in [0.25, 0.3) is 0 Å². The van der Waals surface area contributed by atoms with Gasteiger partial charge in [0.05, 0.1) is 5.69 Å². The molecule has 1 rings (SSSR count). The number of aryl methyl sites for hydroxylation is 1. The molecule has 80 valence electrons. The molecule has 1 aromatic heterocycles. The summed E-state index contributed by atoms with van der Waals surface area (Å²) in [6, 6.07) is 0. The molecule has 0 aliphatic heterocycles. The Morgan fingerprint density at radius 3 is 2.79 bits per heavy atom. The van der Waals surface area contributed by atoms with Gasteiger partial charge in [-0.1, -0.05) is 26.2 Å². The van der Waals surface area contributed by atoms with Crippen molar-refractivity contribution in [2.45, 2.75) is 52.1 Å². The van der Waals surface area contributed by atoms with Crippen molar-refractivity contribution in [2.75, 3.05) is 0 Å². The number of hydrogen-bond acceptors (Lipinski definition) is 3. The zero-order valence-corrected chi connectivity index (χ0v) is 9.81. The Kier molecular flexibility index (Phi) is 5.12. The van der Waals surface area contributed by atoms with Gasteiger partial charge in [0.1, 0.15) is 11.1 Å². The molecule has 0 amide bonds. The highest BCUT2D eigenvalue weighted by atomic mass is 32.1. The molecule has 1 unspecified atom stereocenters. The van der Waals surface area contributed by atoms with Crippen LogP contribution >= 0.6 is 11.3 Å². The van der Waals surface area contributed by atoms with Gasteiger partial charge in [-0.15, -0.1) is 11.3 Å². The summed E-state index contributed by atoms with van der Waals surface area (Å²) in [7, 11) is 0. The molecule has 3 heteroatoms. The molecule has 0 bridgehead atoms. The number of thiazole rings is 1. The van der Waals surface area contributed by atoms with Gasteiger partial charge in [0.2, 0.25) is 0 Å². The minimum Gasteiger partial charge on any atom is -0.386 e. The number of aromatic nitrogens is 1. The van der Waals surface area contributed by atoms with Crippen LogP contribution in [-0.4, -0.2) is 10.1 Å². The predicted molar refractivity (Wildman–Crippen MR) is 60.6 cm³/mol. The Hall–Kier alpha value is -0.410. The zero-order valence-electron chi connectivity index (χ0n) is 8.99. The lowest BCUT2D eigenvalue weighted by Gasteiger charge is -1.97. The lowest BCUT2D eigenvalue weighted by molar-refractivity contribution is 0.198. The van der Waals surface area contributed by atoms with Crippen LogP contribution in [0.15, 0.2) is 5.38 Å². The molecule has 1 atom stereocenters. The topological polar surface area (TPSA) is 33.1 Å². The SMILES string of the molecule is CCCCCCc1csc(C(C)O)n1. The third kappa shape index (κ3) is 3.76. The van der Waals surface area contributed by atoms with Crippen LogP contribution in [0.5, 0.6) is 0 Å². The van der Waals surface area contributed by atoms with Gasteiger partial charge in [-0.05, 0) is 19.8 Å². The van der Waals surface area contributed by atoms with Gasteiger partial charge < -0.3 is 5.11 Å². The van der Waals surface area contributed by atoms with E-state index in [-0.39, 0.29) is 0 Å². The standard InChI is InChI=1S/C11H19NOS/c1-3-4-5-6-7-10-8-14-11(12-10)9(2)13/h8-9,13H,3-7H2,1-2H3. The van der Waals surface area contributed by atoms with Crippen molar-refractivity contribution >= 4 is 11.3 Å². The average molecular weight is 213 g/mol. The summed E-state index contributed by atoms with van der Waals surface area (Å²) in [4.78, 5) is 4.38. The Labute approximate surface area is 90.0 Å². The largest absolute Gasteiger partial charge is 0.386 e. The minimum absolute atomic E-state index is 0.413. The maximum absolute atomic E-state index is 9.29. The highest BCUT2D eigenvalue weighted by molar-refractivity contribution is 7.09. The fourth-order valence-electron chi connectivity index (χ4n) is 1.36. The summed E-state index contributed by atoms with van der Waals surface area (Å²) in [6.45, 7) is 3.98. The van der Waals surface area contributed by atoms with Crippen molar-refractivity contribution < 1.29 is 5.11 Å². The lowest BCUT2D eigenvalue weighted by Crippen LogP contribution is -1.91. The summed E-state index contributed by atoms with van der Waals surface area (Å²) in [5, 5.41) is 12.2. The average Bonchev–Trinajstić information content (AvgIpc) is 2.61. The Bertz CT molecular complexity index is 258. The fraction of sp³-hybridized carbons (Fsp3) is 0.727. The van der Waals surface area contributed by atoms with E-state index in [1.807, 2.05) is 0 Å². The normalized spacial score (nSPS) is 13.1. The second-order valence-electron chi connectivity index (χ2n) is 3.66. The van der Waals surface area contributed by atoms with Crippen molar-refractivity contribution in [3.8, 4) is 0 Å². The first-order valence-corrected chi connectivity index (χ1v) is 6.24. The second-order valence-corrected chi connectivity index (χ2v) is 4.55. The van der Waals surface area contributed by atoms with Gasteiger partial charge in [-0.3, -0.25) is 0 Å². The number of unbranched alkanes of at least 4 members (excludes halogenated alkanes) is 3. The lowest BCUT2D eigenvalue weighted by atomic mass is 10.1. The first kappa shape index (κ1) is 11.7. The van der Waals surface area contributed by atoms with Crippen LogP contribution in [0.2, 0.25) is 0 Å². The van der Waals surface area contributed by atoms with Crippen LogP contribution in [0.3, 0.4) is 0 Å². The van der Waals surface area contributed by atoms with Gasteiger partial charge >= 0.3 is 0 Å². The summed E-state index contributed by atoms with van der Waals surface area (Å²) >= 11 is 1.56. The molecule has 0 aliphatic rings. The van der Waals surface area contributed by atoms with E-state index in [4.69, 9.17) is 0 Å². The van der Waals surface area contributed by atoms with Crippen molar-refractivity contribution in [1.82, 2.24) is 4.98 Å². The second kappa shape index (κ2) is 6.14. The van der Waals surface area contributed by atoms with E-state index in [9.17, 15) is 5.11 Å². The fourth-order valence-corrected chi connectivity index (χ4v) is 2.16. The van der Waals surface area contributed by atoms with Gasteiger partial charge in [0, 0.05) is 5.38 Å². The molecule has 0 radical (unpaired) electrons. The van der Waals surface area contributed by atoms with Crippen LogP contribution in [0.4, 0.5) is 0 Å². The molecule has 0 aromatic carbocycles. The molecular formula is C11H19NOS. The van der Waals surface area contributed by atoms with Crippen molar-refractivity contribution in [1.29, 1.82) is 0 Å². The maximum atomic E-state index is 9.29. The molecule has 0 saturated carbocycles. The number of nitrogens with zero attached hydrogens (tertiary/aromatic N) is 1. The molecule has 0 aliphatic carbocycles. The van der Waals surface area contributed by atoms with Crippen LogP contribution in [0, 0.1) is 0 Å². The van der Waals surface area contributed by atoms with E-state index in [1.165, 1.54) is 25.7 Å². The highest BCUT2D eigenvalue weighted by Gasteiger charge is 2.06. The first-order chi connectivity index (χ1) is 6.74. The van der Waals surface area contributed by atoms with E-state index < -0.39 is 6.10 Å². The molecule has 1 heterocycles. The van der Waals surface area contributed by atoms with Gasteiger partial charge in [-0.25, -0.2) is 4.98 Å². The van der Waals surface area contributed by atoms with Crippen molar-refractivity contribution in [2.24, 2.45) is 0 Å². The van der Waals surface area contributed by atoms with E-state index in [1.54, 1.807) is 18.3 Å². The third-order valence-electron chi connectivity index (χ3n) is 2.21. The molecule has 1 N–H and O–H groups in total. The molecule has 14 heavy (non-hydrogen) atoms. The Morgan fingerprint density at radius 1 is 1.43 bits per heavy atom. The predicted octanol–water partition coefficient (Wildman–Crippen LogP) is 3.32. The van der Waals surface area contributed by atoms with E-state index in [0.29, 0.717) is 0 Å². The smallest absolute Gasteiger partial charge is 0.121 e. The first-order valence-electron chi connectivity index (χ1n) is 5.36. The van der Waals surface area contributed by atoms with Crippen LogP contribution < -0.4 is 0 Å². The minimum atomic E-state index is -0.413. The van der Waals surface area contributed by atoms with Crippen molar-refractivity contribution in [3.63, 3.8) is 0 Å². The molecule has 0 saturated heterocycles. The van der Waals surface area contributed by atoms with Crippen LogP contribution in [0.1, 0.15) is 56.3 Å². The number of aliphatic hydroxyl groups excluding tert-OH is 1. The summed E-state index contributed by atoms with van der Waals surface area (Å²) in [5.41, 5.74) is 1.14. The molecule has 0 spiro atoms. The highest BCUT2D eigenvalue weighted by Crippen LogP contribution is 2.18. The molecule has 2 nitrogen and oxygen atoms in total. The quantitative estimate of drug-likeness (QED) is 0.735. The van der Waals surface area contributed by atoms with Crippen molar-refractivity contribution in [3.05, 3.63) is 16.1 Å². The van der Waals surface area contributed by atoms with E-state index in [0.717, 1.165) is 17.1 Å². The molecule has 1 aromatic rings. The van der Waals surface area contributed by atoms with Gasteiger partial charge in [0.15, 0.2) is 0 Å². The monoisotopic (exact) mass is 213 g/mol. The number of rotatable bonds is 6. The zero-order chi connectivity index (χ0) is 10.4.